The van der Waals surface area contributed by atoms with Gasteiger partial charge in [-0.1, -0.05) is 35.9 Å². The summed E-state index contributed by atoms with van der Waals surface area (Å²) in [5.41, 5.74) is 5.97. The highest BCUT2D eigenvalue weighted by atomic mass is 16.1. The van der Waals surface area contributed by atoms with Gasteiger partial charge in [0.15, 0.2) is 0 Å². The van der Waals surface area contributed by atoms with Crippen molar-refractivity contribution >= 4 is 11.6 Å². The van der Waals surface area contributed by atoms with Gasteiger partial charge in [0.2, 0.25) is 5.91 Å². The molecular weight excluding hydrogens is 308 g/mol. The van der Waals surface area contributed by atoms with Crippen molar-refractivity contribution in [1.82, 2.24) is 4.90 Å². The second kappa shape index (κ2) is 7.83. The molecule has 1 unspecified atom stereocenters. The molecule has 0 aromatic heterocycles. The van der Waals surface area contributed by atoms with Crippen molar-refractivity contribution in [1.29, 1.82) is 0 Å². The summed E-state index contributed by atoms with van der Waals surface area (Å²) in [5.74, 6) is 0.220. The highest BCUT2D eigenvalue weighted by molar-refractivity contribution is 5.92. The highest BCUT2D eigenvalue weighted by Crippen LogP contribution is 2.21. The van der Waals surface area contributed by atoms with Crippen molar-refractivity contribution in [3.63, 3.8) is 0 Å². The minimum Gasteiger partial charge on any atom is -0.326 e. The number of nitrogens with zero attached hydrogens (tertiary/aromatic N) is 1. The summed E-state index contributed by atoms with van der Waals surface area (Å²) in [6.45, 7) is 9.11. The first-order chi connectivity index (χ1) is 12.0. The lowest BCUT2D eigenvalue weighted by atomic mass is 9.96. The van der Waals surface area contributed by atoms with Gasteiger partial charge in [0.05, 0.1) is 5.92 Å². The second-order valence-corrected chi connectivity index (χ2v) is 7.35. The molecule has 3 nitrogen and oxygen atoms in total. The van der Waals surface area contributed by atoms with Gasteiger partial charge in [0.1, 0.15) is 0 Å². The number of amides is 1. The smallest absolute Gasteiger partial charge is 0.228 e. The number of piperidine rings is 1. The molecule has 1 heterocycles. The van der Waals surface area contributed by atoms with E-state index < -0.39 is 0 Å². The number of hydrogen-bond acceptors (Lipinski definition) is 2. The summed E-state index contributed by atoms with van der Waals surface area (Å²) in [4.78, 5) is 15.1. The van der Waals surface area contributed by atoms with Crippen LogP contribution in [0.4, 0.5) is 5.69 Å². The molecule has 3 rings (SSSR count). The third kappa shape index (κ3) is 4.70. The predicted molar refractivity (Wildman–Crippen MR) is 104 cm³/mol. The molecule has 2 aromatic carbocycles. The van der Waals surface area contributed by atoms with E-state index in [9.17, 15) is 4.79 Å². The van der Waals surface area contributed by atoms with Gasteiger partial charge in [-0.15, -0.1) is 0 Å². The van der Waals surface area contributed by atoms with Gasteiger partial charge in [-0.25, -0.2) is 0 Å². The molecule has 0 radical (unpaired) electrons. The fourth-order valence-corrected chi connectivity index (χ4v) is 3.43. The van der Waals surface area contributed by atoms with E-state index in [0.717, 1.165) is 38.2 Å². The molecule has 1 aliphatic heterocycles. The van der Waals surface area contributed by atoms with Crippen molar-refractivity contribution in [2.75, 3.05) is 18.4 Å². The number of likely N-dealkylation sites (tertiary alicyclic amines) is 1. The van der Waals surface area contributed by atoms with Gasteiger partial charge >= 0.3 is 0 Å². The average Bonchev–Trinajstić information content (AvgIpc) is 2.60. The lowest BCUT2D eigenvalue weighted by Crippen LogP contribution is -2.40. The summed E-state index contributed by atoms with van der Waals surface area (Å²) >= 11 is 0. The van der Waals surface area contributed by atoms with Crippen LogP contribution in [0.2, 0.25) is 0 Å². The van der Waals surface area contributed by atoms with Gasteiger partial charge in [0, 0.05) is 18.8 Å². The Kier molecular flexibility index (Phi) is 5.54. The van der Waals surface area contributed by atoms with E-state index in [1.54, 1.807) is 0 Å². The van der Waals surface area contributed by atoms with Crippen LogP contribution in [0.1, 0.15) is 35.1 Å². The number of hydrogen-bond donors (Lipinski definition) is 1. The van der Waals surface area contributed by atoms with Gasteiger partial charge < -0.3 is 5.32 Å². The van der Waals surface area contributed by atoms with Crippen LogP contribution in [0, 0.1) is 26.7 Å². The molecule has 0 bridgehead atoms. The van der Waals surface area contributed by atoms with Crippen LogP contribution in [-0.4, -0.2) is 23.9 Å². The van der Waals surface area contributed by atoms with Gasteiger partial charge in [-0.05, 0) is 69.0 Å². The topological polar surface area (TPSA) is 32.3 Å². The minimum atomic E-state index is 0.0702. The zero-order valence-corrected chi connectivity index (χ0v) is 15.5. The van der Waals surface area contributed by atoms with Crippen LogP contribution in [0.15, 0.2) is 42.5 Å². The number of nitrogens with one attached hydrogen (secondary N) is 1. The maximum Gasteiger partial charge on any atom is 0.228 e. The van der Waals surface area contributed by atoms with Gasteiger partial charge in [-0.2, -0.15) is 0 Å². The van der Waals surface area contributed by atoms with Crippen LogP contribution >= 0.6 is 0 Å². The Morgan fingerprint density at radius 3 is 2.56 bits per heavy atom. The summed E-state index contributed by atoms with van der Waals surface area (Å²) in [6.07, 6.45) is 2.05. The molecule has 132 valence electrons. The van der Waals surface area contributed by atoms with E-state index in [2.05, 4.69) is 67.4 Å². The zero-order valence-electron chi connectivity index (χ0n) is 15.5. The van der Waals surface area contributed by atoms with Gasteiger partial charge in [0.25, 0.3) is 0 Å². The first kappa shape index (κ1) is 17.7. The Balaban J connectivity index is 1.59. The van der Waals surface area contributed by atoms with Crippen molar-refractivity contribution in [3.05, 3.63) is 64.7 Å². The van der Waals surface area contributed by atoms with Crippen molar-refractivity contribution in [2.24, 2.45) is 5.92 Å². The van der Waals surface area contributed by atoms with Crippen LogP contribution in [-0.2, 0) is 11.3 Å². The third-order valence-electron chi connectivity index (χ3n) is 5.18. The Morgan fingerprint density at radius 2 is 1.84 bits per heavy atom. The number of carbonyl (C=O) groups is 1. The molecule has 1 saturated heterocycles. The van der Waals surface area contributed by atoms with Crippen molar-refractivity contribution in [2.45, 2.75) is 40.2 Å². The average molecular weight is 336 g/mol. The zero-order chi connectivity index (χ0) is 17.8. The van der Waals surface area contributed by atoms with E-state index in [1.165, 1.54) is 22.3 Å². The second-order valence-electron chi connectivity index (χ2n) is 7.35. The number of aryl methyl sites for hydroxylation is 3. The third-order valence-corrected chi connectivity index (χ3v) is 5.18. The Labute approximate surface area is 151 Å². The molecule has 1 aliphatic rings. The SMILES string of the molecule is Cc1ccc(CN2CCCC(C(=O)Nc3ccc(C)c(C)c3)C2)cc1. The number of anilines is 1. The lowest BCUT2D eigenvalue weighted by Gasteiger charge is -2.32. The molecule has 1 N–H and O–H groups in total. The first-order valence-corrected chi connectivity index (χ1v) is 9.17. The summed E-state index contributed by atoms with van der Waals surface area (Å²) in [5, 5.41) is 3.11. The Hall–Kier alpha value is -2.13. The van der Waals surface area contributed by atoms with E-state index in [0.29, 0.717) is 0 Å². The maximum absolute atomic E-state index is 12.7. The largest absolute Gasteiger partial charge is 0.326 e. The monoisotopic (exact) mass is 336 g/mol. The Morgan fingerprint density at radius 1 is 1.08 bits per heavy atom. The molecule has 25 heavy (non-hydrogen) atoms. The molecule has 1 amide bonds. The first-order valence-electron chi connectivity index (χ1n) is 9.17. The van der Waals surface area contributed by atoms with E-state index in [1.807, 2.05) is 6.07 Å². The minimum absolute atomic E-state index is 0.0702. The van der Waals surface area contributed by atoms with Crippen LogP contribution in [0.3, 0.4) is 0 Å². The fraction of sp³-hybridized carbons (Fsp3) is 0.409. The summed E-state index contributed by atoms with van der Waals surface area (Å²) in [7, 11) is 0. The van der Waals surface area contributed by atoms with E-state index in [4.69, 9.17) is 0 Å². The molecule has 1 atom stereocenters. The lowest BCUT2D eigenvalue weighted by molar-refractivity contribution is -0.121. The van der Waals surface area contributed by atoms with Crippen molar-refractivity contribution in [3.8, 4) is 0 Å². The molecule has 1 fully saturated rings. The van der Waals surface area contributed by atoms with E-state index >= 15 is 0 Å². The fourth-order valence-electron chi connectivity index (χ4n) is 3.43. The molecule has 0 saturated carbocycles. The predicted octanol–water partition coefficient (Wildman–Crippen LogP) is 4.46. The van der Waals surface area contributed by atoms with Crippen LogP contribution < -0.4 is 5.32 Å². The maximum atomic E-state index is 12.7. The number of carbonyl (C=O) groups excluding carboxylic acids is 1. The number of rotatable bonds is 4. The molecule has 2 aromatic rings. The molecule has 0 aliphatic carbocycles. The molecular formula is C22H28N2O. The highest BCUT2D eigenvalue weighted by Gasteiger charge is 2.25. The number of benzene rings is 2. The molecule has 0 spiro atoms. The normalized spacial score (nSPS) is 18.1. The van der Waals surface area contributed by atoms with E-state index in [-0.39, 0.29) is 11.8 Å². The van der Waals surface area contributed by atoms with Gasteiger partial charge in [-0.3, -0.25) is 9.69 Å². The van der Waals surface area contributed by atoms with Crippen LogP contribution in [0.25, 0.3) is 0 Å². The summed E-state index contributed by atoms with van der Waals surface area (Å²) in [6, 6.07) is 14.8. The summed E-state index contributed by atoms with van der Waals surface area (Å²) < 4.78 is 0. The Bertz CT molecular complexity index is 736. The standard InChI is InChI=1S/C22H28N2O/c1-16-6-9-19(10-7-16)14-24-12-4-5-20(15-24)22(25)23-21-11-8-17(2)18(3)13-21/h6-11,13,20H,4-5,12,14-15H2,1-3H3,(H,23,25). The van der Waals surface area contributed by atoms with Crippen molar-refractivity contribution < 1.29 is 4.79 Å². The quantitative estimate of drug-likeness (QED) is 0.894. The molecule has 3 heteroatoms. The van der Waals surface area contributed by atoms with Crippen LogP contribution in [0.5, 0.6) is 0 Å².